The van der Waals surface area contributed by atoms with E-state index in [9.17, 15) is 69.0 Å². The fourth-order valence-corrected chi connectivity index (χ4v) is 13.3. The number of amides is 2. The van der Waals surface area contributed by atoms with Gasteiger partial charge in [-0.25, -0.2) is 4.57 Å². The van der Waals surface area contributed by atoms with E-state index in [1.807, 2.05) is 0 Å². The van der Waals surface area contributed by atoms with Crippen LogP contribution < -0.4 is 10.6 Å². The SMILES string of the molecule is CCCCCCCC/C=C\CCCC(=O)O[C@H](CCCCCCCCCCC)CC(=O)N[C@H]1[C@H](OC[C@H]2O[C@H](O)[C@H](NC(=O)C[C@H](O)CCCCCCCCCCC)[C@@H](OC(=O)C[C@H](O)CCCCCCC)[C@@H]2O)O[C@H](CO)[C@@H](OP(=O)(O)O)[C@@H]1OC(=O)C[C@H](O)CCCCCCC. The maximum Gasteiger partial charge on any atom is 0.470 e. The van der Waals surface area contributed by atoms with Gasteiger partial charge < -0.3 is 79.5 Å². The minimum atomic E-state index is -5.55. The minimum absolute atomic E-state index is 0.0802. The molecular weight excluding hydrogens is 1280 g/mol. The van der Waals surface area contributed by atoms with Crippen LogP contribution in [-0.4, -0.2) is 169 Å². The molecule has 0 spiro atoms. The molecule has 2 aliphatic rings. The van der Waals surface area contributed by atoms with E-state index in [4.69, 9.17) is 32.9 Å². The van der Waals surface area contributed by atoms with Crippen LogP contribution in [-0.2, 0) is 61.5 Å². The van der Waals surface area contributed by atoms with Crippen molar-refractivity contribution in [3.63, 3.8) is 0 Å². The van der Waals surface area contributed by atoms with Crippen molar-refractivity contribution in [1.29, 1.82) is 0 Å². The molecule has 2 amide bonds. The van der Waals surface area contributed by atoms with Crippen LogP contribution in [0.5, 0.6) is 0 Å². The smallest absolute Gasteiger partial charge is 0.462 e. The summed E-state index contributed by atoms with van der Waals surface area (Å²) < 4.78 is 54.0. The van der Waals surface area contributed by atoms with Crippen molar-refractivity contribution in [2.75, 3.05) is 13.2 Å². The van der Waals surface area contributed by atoms with Crippen LogP contribution in [0.4, 0.5) is 0 Å². The largest absolute Gasteiger partial charge is 0.470 e. The molecule has 0 aliphatic carbocycles. The Hall–Kier alpha value is -3.16. The molecule has 0 unspecified atom stereocenters. The lowest BCUT2D eigenvalue weighted by molar-refractivity contribution is -0.298. The number of allylic oxidation sites excluding steroid dienone is 2. The number of carbonyl (C=O) groups excluding carboxylic acids is 5. The van der Waals surface area contributed by atoms with Gasteiger partial charge in [-0.3, -0.25) is 28.5 Å². The summed E-state index contributed by atoms with van der Waals surface area (Å²) in [6, 6.07) is -3.42. The summed E-state index contributed by atoms with van der Waals surface area (Å²) in [6.45, 7) is 8.82. The normalized spacial score (nSPS) is 22.5. The number of phosphoric acid groups is 1. The average molecular weight is 1420 g/mol. The van der Waals surface area contributed by atoms with Crippen LogP contribution in [0, 0.1) is 0 Å². The Bertz CT molecular complexity index is 2120. The first-order valence-corrected chi connectivity index (χ1v) is 40.2. The standard InChI is InChI=1S/C74H137N2O21P/c1-6-11-16-21-24-27-28-31-34-39-44-49-64(83)92-59(48-43-38-33-30-26-23-18-13-8-3)53-63(82)76-68-72(96-66(85)52-58(80)47-41-36-20-15-10-5)70(97-98(88,89)90)60(54-77)94-74(68)91-55-61-69(86)71(95-65(84)51-57(79)46-40-35-19-14-9-4)67(73(87)93-61)75-62(81)50-56(78)45-42-37-32-29-25-22-17-12-7-2/h31,34,56-61,67-74,77-80,86-87H,6-30,32-33,35-55H2,1-5H3,(H,75,81)(H,76,82)(H2,88,89,90)/b34-31-/t56-,57-,58-,59-,60-,61-,67-,68-,69-,70-,71-,72-,73+,74-/m1/s1. The van der Waals surface area contributed by atoms with Crippen molar-refractivity contribution >= 4 is 37.5 Å². The summed E-state index contributed by atoms with van der Waals surface area (Å²) in [5.74, 6) is -4.14. The maximum atomic E-state index is 14.7. The van der Waals surface area contributed by atoms with E-state index in [1.54, 1.807) is 0 Å². The average Bonchev–Trinajstić information content (AvgIpc) is 0.785. The molecule has 0 bridgehead atoms. The van der Waals surface area contributed by atoms with Crippen LogP contribution in [0.2, 0.25) is 0 Å². The molecule has 2 fully saturated rings. The monoisotopic (exact) mass is 1420 g/mol. The van der Waals surface area contributed by atoms with Crippen LogP contribution in [0.25, 0.3) is 0 Å². The first-order chi connectivity index (χ1) is 47.2. The van der Waals surface area contributed by atoms with E-state index in [0.717, 1.165) is 128 Å². The molecule has 2 rings (SSSR count). The summed E-state index contributed by atoms with van der Waals surface area (Å²) in [4.78, 5) is 90.2. The number of unbranched alkanes of at least 4 members (excludes halogenated alkanes) is 31. The molecule has 2 saturated heterocycles. The van der Waals surface area contributed by atoms with Gasteiger partial charge in [-0.2, -0.15) is 0 Å². The van der Waals surface area contributed by atoms with Gasteiger partial charge in [0.05, 0.1) is 57.2 Å². The van der Waals surface area contributed by atoms with Crippen LogP contribution >= 0.6 is 7.82 Å². The highest BCUT2D eigenvalue weighted by molar-refractivity contribution is 7.46. The summed E-state index contributed by atoms with van der Waals surface area (Å²) >= 11 is 0. The third-order valence-corrected chi connectivity index (χ3v) is 19.0. The zero-order chi connectivity index (χ0) is 72.2. The molecule has 2 heterocycles. The van der Waals surface area contributed by atoms with Gasteiger partial charge in [-0.1, -0.05) is 252 Å². The number of aliphatic hydroxyl groups is 6. The molecule has 24 heteroatoms. The van der Waals surface area contributed by atoms with Crippen molar-refractivity contribution in [2.45, 2.75) is 416 Å². The van der Waals surface area contributed by atoms with Crippen molar-refractivity contribution in [3.8, 4) is 0 Å². The van der Waals surface area contributed by atoms with Crippen LogP contribution in [0.3, 0.4) is 0 Å². The van der Waals surface area contributed by atoms with Gasteiger partial charge in [0, 0.05) is 6.42 Å². The van der Waals surface area contributed by atoms with E-state index < -0.39 is 162 Å². The summed E-state index contributed by atoms with van der Waals surface area (Å²) in [5, 5.41) is 72.8. The van der Waals surface area contributed by atoms with Gasteiger partial charge in [0.15, 0.2) is 24.8 Å². The second-order valence-corrected chi connectivity index (χ2v) is 28.9. The van der Waals surface area contributed by atoms with Crippen molar-refractivity contribution in [3.05, 3.63) is 12.2 Å². The van der Waals surface area contributed by atoms with Gasteiger partial charge in [0.2, 0.25) is 11.8 Å². The highest BCUT2D eigenvalue weighted by Gasteiger charge is 2.54. The molecule has 574 valence electrons. The van der Waals surface area contributed by atoms with E-state index in [1.165, 1.54) is 70.6 Å². The molecule has 0 aromatic rings. The molecule has 2 aliphatic heterocycles. The Labute approximate surface area is 588 Å². The number of rotatable bonds is 62. The predicted molar refractivity (Wildman–Crippen MR) is 377 cm³/mol. The topological polar surface area (TPSA) is 353 Å². The Morgan fingerprint density at radius 3 is 1.32 bits per heavy atom. The van der Waals surface area contributed by atoms with Gasteiger partial charge in [-0.15, -0.1) is 0 Å². The number of nitrogens with one attached hydrogen (secondary N) is 2. The summed E-state index contributed by atoms with van der Waals surface area (Å²) in [7, 11) is -5.55. The molecule has 0 saturated carbocycles. The van der Waals surface area contributed by atoms with Crippen LogP contribution in [0.1, 0.15) is 330 Å². The molecule has 0 aromatic carbocycles. The quantitative estimate of drug-likeness (QED) is 0.00889. The summed E-state index contributed by atoms with van der Waals surface area (Å²) in [5.41, 5.74) is 0. The third kappa shape index (κ3) is 43.7. The van der Waals surface area contributed by atoms with E-state index in [-0.39, 0.29) is 19.3 Å². The third-order valence-electron chi connectivity index (χ3n) is 18.5. The van der Waals surface area contributed by atoms with E-state index in [2.05, 4.69) is 57.4 Å². The minimum Gasteiger partial charge on any atom is -0.462 e. The molecule has 0 radical (unpaired) electrons. The fourth-order valence-electron chi connectivity index (χ4n) is 12.8. The van der Waals surface area contributed by atoms with Crippen molar-refractivity contribution in [1.82, 2.24) is 10.6 Å². The maximum absolute atomic E-state index is 14.7. The Morgan fingerprint density at radius 1 is 0.459 bits per heavy atom. The number of aliphatic hydroxyl groups excluding tert-OH is 6. The Balaban J connectivity index is 2.57. The lowest BCUT2D eigenvalue weighted by Gasteiger charge is -2.46. The predicted octanol–water partition coefficient (Wildman–Crippen LogP) is 12.7. The highest BCUT2D eigenvalue weighted by atomic mass is 31.2. The Kier molecular flexibility index (Phi) is 53.1. The molecular formula is C74H137N2O21P. The molecule has 23 nitrogen and oxygen atoms in total. The van der Waals surface area contributed by atoms with Crippen molar-refractivity contribution < 1.29 is 102 Å². The second-order valence-electron chi connectivity index (χ2n) is 27.7. The van der Waals surface area contributed by atoms with E-state index in [0.29, 0.717) is 51.4 Å². The Morgan fingerprint density at radius 2 is 0.857 bits per heavy atom. The number of hydrogen-bond donors (Lipinski definition) is 10. The molecule has 98 heavy (non-hydrogen) atoms. The van der Waals surface area contributed by atoms with Gasteiger partial charge in [-0.05, 0) is 57.8 Å². The lowest BCUT2D eigenvalue weighted by Crippen LogP contribution is -2.68. The number of hydrogen-bond acceptors (Lipinski definition) is 19. The highest BCUT2D eigenvalue weighted by Crippen LogP contribution is 2.43. The number of phosphoric ester groups is 1. The number of carbonyl (C=O) groups is 5. The van der Waals surface area contributed by atoms with Gasteiger partial charge in [0.1, 0.15) is 42.6 Å². The zero-order valence-electron chi connectivity index (χ0n) is 61.0. The lowest BCUT2D eigenvalue weighted by atomic mass is 9.95. The van der Waals surface area contributed by atoms with Crippen LogP contribution in [0.15, 0.2) is 12.2 Å². The first kappa shape index (κ1) is 90.9. The number of ether oxygens (including phenoxy) is 6. The van der Waals surface area contributed by atoms with Gasteiger partial charge in [0.25, 0.3) is 0 Å². The first-order valence-electron chi connectivity index (χ1n) is 38.7. The van der Waals surface area contributed by atoms with Gasteiger partial charge >= 0.3 is 25.7 Å². The molecule has 10 N–H and O–H groups in total. The second kappa shape index (κ2) is 57.3. The zero-order valence-corrected chi connectivity index (χ0v) is 61.9. The van der Waals surface area contributed by atoms with Crippen molar-refractivity contribution in [2.24, 2.45) is 0 Å². The van der Waals surface area contributed by atoms with E-state index >= 15 is 0 Å². The molecule has 0 aromatic heterocycles. The molecule has 14 atom stereocenters. The fraction of sp³-hybridized carbons (Fsp3) is 0.905. The number of esters is 3. The summed E-state index contributed by atoms with van der Waals surface area (Å²) in [6.07, 6.45) is 20.6.